The second kappa shape index (κ2) is 10.9. The summed E-state index contributed by atoms with van der Waals surface area (Å²) in [6.07, 6.45) is 0. The van der Waals surface area contributed by atoms with Crippen LogP contribution in [0, 0.1) is 0 Å². The predicted molar refractivity (Wildman–Crippen MR) is 125 cm³/mol. The number of anilines is 1. The molecular formula is C24H23N3O3S. The van der Waals surface area contributed by atoms with Crippen molar-refractivity contribution in [1.29, 1.82) is 0 Å². The highest BCUT2D eigenvalue weighted by Gasteiger charge is 2.10. The van der Waals surface area contributed by atoms with Gasteiger partial charge < -0.3 is 15.4 Å². The van der Waals surface area contributed by atoms with Crippen LogP contribution in [0.15, 0.2) is 78.9 Å². The van der Waals surface area contributed by atoms with Gasteiger partial charge in [0.2, 0.25) is 0 Å². The molecule has 0 atom stereocenters. The molecule has 0 saturated heterocycles. The van der Waals surface area contributed by atoms with Gasteiger partial charge in [-0.3, -0.25) is 14.9 Å². The van der Waals surface area contributed by atoms with E-state index in [-0.39, 0.29) is 16.9 Å². The number of rotatable bonds is 7. The van der Waals surface area contributed by atoms with Crippen molar-refractivity contribution in [2.75, 3.05) is 11.9 Å². The van der Waals surface area contributed by atoms with E-state index < -0.39 is 0 Å². The van der Waals surface area contributed by atoms with Crippen molar-refractivity contribution >= 4 is 34.8 Å². The highest BCUT2D eigenvalue weighted by atomic mass is 32.1. The predicted octanol–water partition coefficient (Wildman–Crippen LogP) is 4.14. The molecule has 0 spiro atoms. The molecule has 158 valence electrons. The number of ether oxygens (including phenoxy) is 1. The highest BCUT2D eigenvalue weighted by Crippen LogP contribution is 2.13. The van der Waals surface area contributed by atoms with E-state index in [0.717, 1.165) is 5.56 Å². The van der Waals surface area contributed by atoms with Gasteiger partial charge in [-0.15, -0.1) is 0 Å². The first-order valence-corrected chi connectivity index (χ1v) is 10.2. The molecule has 0 bridgehead atoms. The Balaban J connectivity index is 1.55. The number of hydrogen-bond donors (Lipinski definition) is 3. The number of amides is 2. The van der Waals surface area contributed by atoms with E-state index in [1.54, 1.807) is 48.5 Å². The van der Waals surface area contributed by atoms with Crippen molar-refractivity contribution < 1.29 is 14.3 Å². The summed E-state index contributed by atoms with van der Waals surface area (Å²) in [7, 11) is 0. The van der Waals surface area contributed by atoms with E-state index in [2.05, 4.69) is 16.0 Å². The molecule has 3 rings (SSSR count). The zero-order valence-electron chi connectivity index (χ0n) is 17.1. The minimum Gasteiger partial charge on any atom is -0.494 e. The summed E-state index contributed by atoms with van der Waals surface area (Å²) in [5.74, 6) is 0.163. The van der Waals surface area contributed by atoms with E-state index in [0.29, 0.717) is 35.7 Å². The van der Waals surface area contributed by atoms with Crippen LogP contribution in [-0.2, 0) is 6.54 Å². The number of hydrogen-bond acceptors (Lipinski definition) is 4. The Morgan fingerprint density at radius 3 is 2.32 bits per heavy atom. The molecule has 7 heteroatoms. The van der Waals surface area contributed by atoms with Crippen LogP contribution in [0.4, 0.5) is 5.69 Å². The molecule has 31 heavy (non-hydrogen) atoms. The maximum absolute atomic E-state index is 12.4. The zero-order valence-corrected chi connectivity index (χ0v) is 17.9. The molecule has 3 aromatic rings. The van der Waals surface area contributed by atoms with E-state index in [1.807, 2.05) is 37.3 Å². The van der Waals surface area contributed by atoms with Gasteiger partial charge in [0.05, 0.1) is 6.61 Å². The number of thiocarbonyl (C=S) groups is 1. The molecule has 3 N–H and O–H groups in total. The lowest BCUT2D eigenvalue weighted by molar-refractivity contribution is 0.0948. The lowest BCUT2D eigenvalue weighted by Crippen LogP contribution is -2.34. The van der Waals surface area contributed by atoms with Crippen molar-refractivity contribution in [3.05, 3.63) is 95.6 Å². The van der Waals surface area contributed by atoms with Gasteiger partial charge in [0, 0.05) is 23.4 Å². The van der Waals surface area contributed by atoms with Crippen LogP contribution in [0.3, 0.4) is 0 Å². The quantitative estimate of drug-likeness (QED) is 0.488. The van der Waals surface area contributed by atoms with Gasteiger partial charge in [0.25, 0.3) is 11.8 Å². The third kappa shape index (κ3) is 6.65. The fraction of sp³-hybridized carbons (Fsp3) is 0.125. The van der Waals surface area contributed by atoms with Crippen LogP contribution in [0.2, 0.25) is 0 Å². The molecule has 6 nitrogen and oxygen atoms in total. The van der Waals surface area contributed by atoms with Gasteiger partial charge in [-0.25, -0.2) is 0 Å². The number of carbonyl (C=O) groups is 2. The molecule has 0 unspecified atom stereocenters. The van der Waals surface area contributed by atoms with Crippen LogP contribution >= 0.6 is 12.2 Å². The summed E-state index contributed by atoms with van der Waals surface area (Å²) < 4.78 is 5.37. The van der Waals surface area contributed by atoms with E-state index in [4.69, 9.17) is 17.0 Å². The molecule has 3 aromatic carbocycles. The summed E-state index contributed by atoms with van der Waals surface area (Å²) in [5, 5.41) is 8.59. The Kier molecular flexibility index (Phi) is 7.73. The van der Waals surface area contributed by atoms with Gasteiger partial charge in [-0.1, -0.05) is 36.4 Å². The maximum atomic E-state index is 12.4. The van der Waals surface area contributed by atoms with Crippen LogP contribution in [-0.4, -0.2) is 23.5 Å². The summed E-state index contributed by atoms with van der Waals surface area (Å²) in [6.45, 7) is 2.89. The summed E-state index contributed by atoms with van der Waals surface area (Å²) in [4.78, 5) is 24.8. The third-order valence-corrected chi connectivity index (χ3v) is 4.54. The van der Waals surface area contributed by atoms with Crippen LogP contribution < -0.4 is 20.7 Å². The minimum absolute atomic E-state index is 0.140. The lowest BCUT2D eigenvalue weighted by atomic mass is 10.1. The Labute approximate surface area is 186 Å². The minimum atomic E-state index is -0.336. The smallest absolute Gasteiger partial charge is 0.257 e. The summed E-state index contributed by atoms with van der Waals surface area (Å²) in [5.41, 5.74) is 2.57. The first-order chi connectivity index (χ1) is 15.0. The Bertz CT molecular complexity index is 1050. The zero-order chi connectivity index (χ0) is 22.1. The largest absolute Gasteiger partial charge is 0.494 e. The second-order valence-electron chi connectivity index (χ2n) is 6.61. The van der Waals surface area contributed by atoms with Crippen LogP contribution in [0.25, 0.3) is 0 Å². The Morgan fingerprint density at radius 1 is 0.871 bits per heavy atom. The standard InChI is InChI=1S/C24H23N3O3S/c1-2-30-21-13-11-18(12-14-21)23(29)27-24(31)26-20-10-6-9-19(15-20)22(28)25-16-17-7-4-3-5-8-17/h3-15H,2,16H2,1H3,(H,25,28)(H2,26,27,29,31). The number of carbonyl (C=O) groups excluding carboxylic acids is 2. The van der Waals surface area contributed by atoms with Crippen molar-refractivity contribution in [2.24, 2.45) is 0 Å². The molecule has 0 heterocycles. The second-order valence-corrected chi connectivity index (χ2v) is 7.02. The van der Waals surface area contributed by atoms with Crippen molar-refractivity contribution in [3.63, 3.8) is 0 Å². The lowest BCUT2D eigenvalue weighted by Gasteiger charge is -2.11. The Morgan fingerprint density at radius 2 is 1.61 bits per heavy atom. The summed E-state index contributed by atoms with van der Waals surface area (Å²) in [6, 6.07) is 23.4. The SMILES string of the molecule is CCOc1ccc(C(=O)NC(=S)Nc2cccc(C(=O)NCc3ccccc3)c2)cc1. The molecule has 0 aromatic heterocycles. The van der Waals surface area contributed by atoms with Crippen LogP contribution in [0.5, 0.6) is 5.75 Å². The molecule has 0 aliphatic rings. The van der Waals surface area contributed by atoms with Gasteiger partial charge in [-0.05, 0) is 67.2 Å². The summed E-state index contributed by atoms with van der Waals surface area (Å²) >= 11 is 5.24. The fourth-order valence-electron chi connectivity index (χ4n) is 2.83. The highest BCUT2D eigenvalue weighted by molar-refractivity contribution is 7.80. The van der Waals surface area contributed by atoms with Gasteiger partial charge in [-0.2, -0.15) is 0 Å². The van der Waals surface area contributed by atoms with E-state index >= 15 is 0 Å². The van der Waals surface area contributed by atoms with Gasteiger partial charge in [0.1, 0.15) is 5.75 Å². The topological polar surface area (TPSA) is 79.5 Å². The Hall–Kier alpha value is -3.71. The maximum Gasteiger partial charge on any atom is 0.257 e. The molecule has 0 saturated carbocycles. The first kappa shape index (κ1) is 22.0. The van der Waals surface area contributed by atoms with Crippen molar-refractivity contribution in [1.82, 2.24) is 10.6 Å². The molecule has 0 fully saturated rings. The molecule has 0 aliphatic heterocycles. The molecular weight excluding hydrogens is 410 g/mol. The van der Waals surface area contributed by atoms with E-state index in [9.17, 15) is 9.59 Å². The average molecular weight is 434 g/mol. The fourth-order valence-corrected chi connectivity index (χ4v) is 3.04. The van der Waals surface area contributed by atoms with Gasteiger partial charge in [0.15, 0.2) is 5.11 Å². The number of benzene rings is 3. The molecule has 0 aliphatic carbocycles. The average Bonchev–Trinajstić information content (AvgIpc) is 2.79. The monoisotopic (exact) mass is 433 g/mol. The van der Waals surface area contributed by atoms with Gasteiger partial charge >= 0.3 is 0 Å². The van der Waals surface area contributed by atoms with E-state index in [1.165, 1.54) is 0 Å². The molecule has 0 radical (unpaired) electrons. The van der Waals surface area contributed by atoms with Crippen molar-refractivity contribution in [2.45, 2.75) is 13.5 Å². The van der Waals surface area contributed by atoms with Crippen molar-refractivity contribution in [3.8, 4) is 5.75 Å². The van der Waals surface area contributed by atoms with Crippen LogP contribution in [0.1, 0.15) is 33.2 Å². The normalized spacial score (nSPS) is 10.1. The first-order valence-electron chi connectivity index (χ1n) is 9.82. The molecule has 2 amide bonds. The third-order valence-electron chi connectivity index (χ3n) is 4.33. The number of nitrogens with one attached hydrogen (secondary N) is 3.